The van der Waals surface area contributed by atoms with Gasteiger partial charge in [-0.1, -0.05) is 27.7 Å². The fourth-order valence-electron chi connectivity index (χ4n) is 2.40. The third kappa shape index (κ3) is 3.74. The summed E-state index contributed by atoms with van der Waals surface area (Å²) in [6.45, 7) is 10.3. The highest BCUT2D eigenvalue weighted by molar-refractivity contribution is 4.87. The highest BCUT2D eigenvalue weighted by Crippen LogP contribution is 2.36. The minimum Gasteiger partial charge on any atom is -0.327 e. The Morgan fingerprint density at radius 2 is 1.75 bits per heavy atom. The van der Waals surface area contributed by atoms with Crippen LogP contribution in [0.1, 0.15) is 47.0 Å². The van der Waals surface area contributed by atoms with Crippen molar-refractivity contribution in [3.8, 4) is 0 Å². The molecule has 0 bridgehead atoms. The lowest BCUT2D eigenvalue weighted by Crippen LogP contribution is -2.45. The number of nitrogens with zero attached hydrogens (tertiary/aromatic N) is 1. The molecule has 1 aliphatic rings. The van der Waals surface area contributed by atoms with E-state index in [1.807, 2.05) is 0 Å². The van der Waals surface area contributed by atoms with Crippen molar-refractivity contribution in [3.63, 3.8) is 0 Å². The largest absolute Gasteiger partial charge is 0.327 e. The summed E-state index contributed by atoms with van der Waals surface area (Å²) in [6.07, 6.45) is 3.92. The zero-order valence-electron chi connectivity index (χ0n) is 11.7. The Labute approximate surface area is 102 Å². The van der Waals surface area contributed by atoms with Gasteiger partial charge in [0.15, 0.2) is 0 Å². The zero-order chi connectivity index (χ0) is 12.3. The van der Waals surface area contributed by atoms with Crippen LogP contribution >= 0.6 is 0 Å². The van der Waals surface area contributed by atoms with Crippen molar-refractivity contribution in [1.29, 1.82) is 0 Å². The van der Waals surface area contributed by atoms with Crippen LogP contribution in [0, 0.1) is 17.8 Å². The molecule has 0 amide bonds. The summed E-state index contributed by atoms with van der Waals surface area (Å²) in [5, 5.41) is 0. The van der Waals surface area contributed by atoms with E-state index in [9.17, 15) is 0 Å². The van der Waals surface area contributed by atoms with Crippen molar-refractivity contribution < 1.29 is 0 Å². The van der Waals surface area contributed by atoms with Crippen molar-refractivity contribution in [3.05, 3.63) is 0 Å². The molecule has 1 rings (SSSR count). The minimum absolute atomic E-state index is 0.364. The van der Waals surface area contributed by atoms with Gasteiger partial charge in [0.05, 0.1) is 0 Å². The van der Waals surface area contributed by atoms with Crippen LogP contribution in [0.4, 0.5) is 0 Å². The summed E-state index contributed by atoms with van der Waals surface area (Å²) >= 11 is 0. The van der Waals surface area contributed by atoms with Crippen molar-refractivity contribution in [2.75, 3.05) is 13.6 Å². The molecular formula is C14H30N2. The Kier molecular flexibility index (Phi) is 5.26. The number of rotatable bonds is 6. The Balaban J connectivity index is 2.15. The average molecular weight is 226 g/mol. The van der Waals surface area contributed by atoms with Crippen LogP contribution in [0.25, 0.3) is 0 Å². The van der Waals surface area contributed by atoms with Gasteiger partial charge in [0.2, 0.25) is 0 Å². The predicted molar refractivity (Wildman–Crippen MR) is 71.4 cm³/mol. The zero-order valence-corrected chi connectivity index (χ0v) is 11.7. The molecule has 2 heteroatoms. The second-order valence-corrected chi connectivity index (χ2v) is 6.31. The maximum atomic E-state index is 6.07. The van der Waals surface area contributed by atoms with Crippen molar-refractivity contribution in [2.45, 2.75) is 59.0 Å². The summed E-state index contributed by atoms with van der Waals surface area (Å²) in [4.78, 5) is 2.52. The lowest BCUT2D eigenvalue weighted by Gasteiger charge is -2.43. The summed E-state index contributed by atoms with van der Waals surface area (Å²) in [5.41, 5.74) is 6.07. The van der Waals surface area contributed by atoms with E-state index in [2.05, 4.69) is 39.6 Å². The molecule has 0 aliphatic heterocycles. The smallest absolute Gasteiger partial charge is 0.00977 e. The van der Waals surface area contributed by atoms with Crippen molar-refractivity contribution >= 4 is 0 Å². The molecule has 0 saturated heterocycles. The van der Waals surface area contributed by atoms with Crippen molar-refractivity contribution in [2.24, 2.45) is 23.5 Å². The molecular weight excluding hydrogens is 196 g/mol. The van der Waals surface area contributed by atoms with Crippen LogP contribution < -0.4 is 5.73 Å². The van der Waals surface area contributed by atoms with Gasteiger partial charge in [-0.25, -0.2) is 0 Å². The molecule has 0 aromatic rings. The Morgan fingerprint density at radius 1 is 1.19 bits per heavy atom. The maximum absolute atomic E-state index is 6.07. The standard InChI is InChI=1S/C14H30N2/c1-10(2)12-8-13(9-12)16(5)7-6-14(15)11(3)4/h10-14H,6-9,15H2,1-5H3. The van der Waals surface area contributed by atoms with Crippen LogP contribution in [0.15, 0.2) is 0 Å². The molecule has 0 radical (unpaired) electrons. The second kappa shape index (κ2) is 6.02. The van der Waals surface area contributed by atoms with Crippen LogP contribution in [-0.4, -0.2) is 30.6 Å². The Morgan fingerprint density at radius 3 is 2.19 bits per heavy atom. The second-order valence-electron chi connectivity index (χ2n) is 6.31. The lowest BCUT2D eigenvalue weighted by molar-refractivity contribution is 0.0715. The first-order valence-electron chi connectivity index (χ1n) is 6.87. The molecule has 0 aromatic heterocycles. The highest BCUT2D eigenvalue weighted by atomic mass is 15.1. The number of hydrogen-bond acceptors (Lipinski definition) is 2. The van der Waals surface area contributed by atoms with Gasteiger partial charge >= 0.3 is 0 Å². The molecule has 16 heavy (non-hydrogen) atoms. The number of hydrogen-bond donors (Lipinski definition) is 1. The van der Waals surface area contributed by atoms with Gasteiger partial charge in [-0.3, -0.25) is 0 Å². The molecule has 0 aromatic carbocycles. The average Bonchev–Trinajstić information content (AvgIpc) is 2.10. The molecule has 0 spiro atoms. The van der Waals surface area contributed by atoms with Gasteiger partial charge in [-0.2, -0.15) is 0 Å². The van der Waals surface area contributed by atoms with E-state index in [4.69, 9.17) is 5.73 Å². The third-order valence-electron chi connectivity index (χ3n) is 4.39. The third-order valence-corrected chi connectivity index (χ3v) is 4.39. The first kappa shape index (κ1) is 14.0. The topological polar surface area (TPSA) is 29.3 Å². The van der Waals surface area contributed by atoms with Gasteiger partial charge in [0.25, 0.3) is 0 Å². The van der Waals surface area contributed by atoms with Gasteiger partial charge in [-0.15, -0.1) is 0 Å². The summed E-state index contributed by atoms with van der Waals surface area (Å²) in [7, 11) is 2.26. The van der Waals surface area contributed by atoms with Crippen molar-refractivity contribution in [1.82, 2.24) is 4.90 Å². The maximum Gasteiger partial charge on any atom is 0.00977 e. The van der Waals surface area contributed by atoms with Crippen LogP contribution in [-0.2, 0) is 0 Å². The molecule has 2 N–H and O–H groups in total. The van der Waals surface area contributed by atoms with E-state index < -0.39 is 0 Å². The first-order chi connectivity index (χ1) is 7.41. The van der Waals surface area contributed by atoms with E-state index in [0.717, 1.165) is 30.8 Å². The molecule has 2 nitrogen and oxygen atoms in total. The van der Waals surface area contributed by atoms with Gasteiger partial charge in [-0.05, 0) is 50.6 Å². The lowest BCUT2D eigenvalue weighted by atomic mass is 9.73. The van der Waals surface area contributed by atoms with Gasteiger partial charge < -0.3 is 10.6 Å². The predicted octanol–water partition coefficient (Wildman–Crippen LogP) is 2.73. The summed E-state index contributed by atoms with van der Waals surface area (Å²) in [5.74, 6) is 2.44. The first-order valence-corrected chi connectivity index (χ1v) is 6.87. The Bertz CT molecular complexity index is 195. The fourth-order valence-corrected chi connectivity index (χ4v) is 2.40. The van der Waals surface area contributed by atoms with Gasteiger partial charge in [0.1, 0.15) is 0 Å². The summed E-state index contributed by atoms with van der Waals surface area (Å²) < 4.78 is 0. The fraction of sp³-hybridized carbons (Fsp3) is 1.00. The molecule has 1 aliphatic carbocycles. The van der Waals surface area contributed by atoms with E-state index >= 15 is 0 Å². The van der Waals surface area contributed by atoms with Crippen LogP contribution in [0.3, 0.4) is 0 Å². The SMILES string of the molecule is CC(C)C(N)CCN(C)C1CC(C(C)C)C1. The van der Waals surface area contributed by atoms with E-state index in [0.29, 0.717) is 12.0 Å². The monoisotopic (exact) mass is 226 g/mol. The highest BCUT2D eigenvalue weighted by Gasteiger charge is 2.33. The van der Waals surface area contributed by atoms with E-state index in [1.165, 1.54) is 12.8 Å². The minimum atomic E-state index is 0.364. The summed E-state index contributed by atoms with van der Waals surface area (Å²) in [6, 6.07) is 1.19. The quantitative estimate of drug-likeness (QED) is 0.754. The number of nitrogens with two attached hydrogens (primary N) is 1. The molecule has 1 fully saturated rings. The molecule has 96 valence electrons. The molecule has 1 atom stereocenters. The normalized spacial score (nSPS) is 27.6. The van der Waals surface area contributed by atoms with E-state index in [-0.39, 0.29) is 0 Å². The van der Waals surface area contributed by atoms with Gasteiger partial charge in [0, 0.05) is 12.1 Å². The van der Waals surface area contributed by atoms with E-state index in [1.54, 1.807) is 0 Å². The molecule has 1 unspecified atom stereocenters. The molecule has 0 heterocycles. The van der Waals surface area contributed by atoms with Crippen LogP contribution in [0.5, 0.6) is 0 Å². The molecule has 1 saturated carbocycles. The Hall–Kier alpha value is -0.0800. The van der Waals surface area contributed by atoms with Crippen LogP contribution in [0.2, 0.25) is 0 Å².